The van der Waals surface area contributed by atoms with E-state index < -0.39 is 0 Å². The Hall–Kier alpha value is -0.570. The summed E-state index contributed by atoms with van der Waals surface area (Å²) in [4.78, 5) is 14.7. The summed E-state index contributed by atoms with van der Waals surface area (Å²) >= 11 is 0. The van der Waals surface area contributed by atoms with Crippen LogP contribution in [0.3, 0.4) is 0 Å². The highest BCUT2D eigenvalue weighted by molar-refractivity contribution is 5.78. The van der Waals surface area contributed by atoms with Crippen LogP contribution in [-0.2, 0) is 4.79 Å². The Morgan fingerprint density at radius 2 is 1.75 bits per heavy atom. The van der Waals surface area contributed by atoms with Crippen LogP contribution in [0.5, 0.6) is 0 Å². The molecule has 0 aromatic heterocycles. The molecule has 1 saturated carbocycles. The van der Waals surface area contributed by atoms with Crippen molar-refractivity contribution in [2.24, 2.45) is 17.8 Å². The van der Waals surface area contributed by atoms with E-state index >= 15 is 0 Å². The zero-order valence-electron chi connectivity index (χ0n) is 13.7. The first kappa shape index (κ1) is 15.8. The topological polar surface area (TPSA) is 32.3 Å². The molecule has 2 aliphatic rings. The van der Waals surface area contributed by atoms with E-state index in [1.54, 1.807) is 0 Å². The van der Waals surface area contributed by atoms with E-state index in [1.807, 2.05) is 13.8 Å². The molecule has 3 heteroatoms. The molecule has 1 amide bonds. The van der Waals surface area contributed by atoms with E-state index in [2.05, 4.69) is 24.1 Å². The van der Waals surface area contributed by atoms with Gasteiger partial charge in [0.05, 0.1) is 0 Å². The molecule has 3 nitrogen and oxygen atoms in total. The van der Waals surface area contributed by atoms with Crippen LogP contribution in [0.25, 0.3) is 0 Å². The lowest BCUT2D eigenvalue weighted by Gasteiger charge is -2.42. The van der Waals surface area contributed by atoms with E-state index in [0.29, 0.717) is 12.0 Å². The van der Waals surface area contributed by atoms with Gasteiger partial charge in [-0.3, -0.25) is 9.69 Å². The smallest absolute Gasteiger partial charge is 0.222 e. The highest BCUT2D eigenvalue weighted by atomic mass is 16.1. The average Bonchev–Trinajstić information content (AvgIpc) is 2.92. The van der Waals surface area contributed by atoms with Crippen molar-refractivity contribution >= 4 is 5.91 Å². The van der Waals surface area contributed by atoms with Gasteiger partial charge < -0.3 is 5.32 Å². The van der Waals surface area contributed by atoms with Gasteiger partial charge in [0, 0.05) is 31.1 Å². The Balaban J connectivity index is 1.98. The van der Waals surface area contributed by atoms with E-state index in [4.69, 9.17) is 0 Å². The molecule has 2 atom stereocenters. The number of carbonyl (C=O) groups excluding carboxylic acids is 1. The first-order chi connectivity index (χ1) is 9.47. The molecule has 0 radical (unpaired) electrons. The zero-order valence-corrected chi connectivity index (χ0v) is 13.7. The maximum atomic E-state index is 12.0. The van der Waals surface area contributed by atoms with Gasteiger partial charge in [0.15, 0.2) is 0 Å². The van der Waals surface area contributed by atoms with E-state index in [1.165, 1.54) is 32.2 Å². The summed E-state index contributed by atoms with van der Waals surface area (Å²) in [6, 6.07) is 1.13. The fourth-order valence-electron chi connectivity index (χ4n) is 3.70. The second-order valence-electron chi connectivity index (χ2n) is 7.49. The van der Waals surface area contributed by atoms with Crippen LogP contribution < -0.4 is 5.32 Å². The molecule has 20 heavy (non-hydrogen) atoms. The van der Waals surface area contributed by atoms with Crippen LogP contribution in [0.1, 0.15) is 59.8 Å². The molecule has 2 rings (SSSR count). The van der Waals surface area contributed by atoms with Gasteiger partial charge in [0.1, 0.15) is 0 Å². The number of nitrogens with one attached hydrogen (secondary N) is 1. The second kappa shape index (κ2) is 6.93. The van der Waals surface area contributed by atoms with Gasteiger partial charge in [-0.2, -0.15) is 0 Å². The molecule has 1 aliphatic heterocycles. The molecule has 1 heterocycles. The van der Waals surface area contributed by atoms with E-state index in [-0.39, 0.29) is 11.8 Å². The third-order valence-corrected chi connectivity index (χ3v) is 5.17. The fourth-order valence-corrected chi connectivity index (χ4v) is 3.70. The van der Waals surface area contributed by atoms with Crippen molar-refractivity contribution in [2.45, 2.75) is 71.9 Å². The monoisotopic (exact) mass is 280 g/mol. The first-order valence-corrected chi connectivity index (χ1v) is 8.51. The number of likely N-dealkylation sites (tertiary alicyclic amines) is 1. The fraction of sp³-hybridized carbons (Fsp3) is 0.941. The van der Waals surface area contributed by atoms with Crippen LogP contribution in [0, 0.1) is 17.8 Å². The average molecular weight is 280 g/mol. The maximum absolute atomic E-state index is 12.0. The summed E-state index contributed by atoms with van der Waals surface area (Å²) in [7, 11) is 0. The van der Waals surface area contributed by atoms with Crippen LogP contribution in [0.4, 0.5) is 0 Å². The summed E-state index contributed by atoms with van der Waals surface area (Å²) < 4.78 is 0. The van der Waals surface area contributed by atoms with Gasteiger partial charge in [-0.25, -0.2) is 0 Å². The summed E-state index contributed by atoms with van der Waals surface area (Å²) in [5.41, 5.74) is 0. The van der Waals surface area contributed by atoms with Crippen molar-refractivity contribution in [2.75, 3.05) is 13.1 Å². The molecule has 116 valence electrons. The lowest BCUT2D eigenvalue weighted by Crippen LogP contribution is -2.54. The predicted molar refractivity (Wildman–Crippen MR) is 83.5 cm³/mol. The third-order valence-electron chi connectivity index (χ3n) is 5.17. The SMILES string of the molecule is CC(C)C(=O)NC1CC(C(C)C)CN(C2CCCC2)C1. The molecule has 0 spiro atoms. The van der Waals surface area contributed by atoms with Gasteiger partial charge in [-0.05, 0) is 31.1 Å². The molecular weight excluding hydrogens is 248 g/mol. The Bertz CT molecular complexity index is 321. The Morgan fingerprint density at radius 3 is 2.30 bits per heavy atom. The van der Waals surface area contributed by atoms with Crippen molar-refractivity contribution in [3.05, 3.63) is 0 Å². The summed E-state index contributed by atoms with van der Waals surface area (Å²) in [5, 5.41) is 3.28. The molecule has 0 aromatic carbocycles. The van der Waals surface area contributed by atoms with Crippen LogP contribution in [-0.4, -0.2) is 36.0 Å². The largest absolute Gasteiger partial charge is 0.352 e. The van der Waals surface area contributed by atoms with Gasteiger partial charge in [0.2, 0.25) is 5.91 Å². The quantitative estimate of drug-likeness (QED) is 0.858. The van der Waals surface area contributed by atoms with Gasteiger partial charge >= 0.3 is 0 Å². The highest BCUT2D eigenvalue weighted by Crippen LogP contribution is 2.30. The van der Waals surface area contributed by atoms with Gasteiger partial charge in [-0.1, -0.05) is 40.5 Å². The number of hydrogen-bond acceptors (Lipinski definition) is 2. The Labute approximate surface area is 124 Å². The van der Waals surface area contributed by atoms with Crippen LogP contribution >= 0.6 is 0 Å². The van der Waals surface area contributed by atoms with Crippen molar-refractivity contribution in [1.82, 2.24) is 10.2 Å². The van der Waals surface area contributed by atoms with Crippen molar-refractivity contribution in [3.63, 3.8) is 0 Å². The lowest BCUT2D eigenvalue weighted by molar-refractivity contribution is -0.125. The molecule has 2 fully saturated rings. The minimum Gasteiger partial charge on any atom is -0.352 e. The molecule has 0 aromatic rings. The minimum absolute atomic E-state index is 0.0920. The number of hydrogen-bond donors (Lipinski definition) is 1. The summed E-state index contributed by atoms with van der Waals surface area (Å²) in [6.45, 7) is 10.9. The highest BCUT2D eigenvalue weighted by Gasteiger charge is 2.34. The predicted octanol–water partition coefficient (Wildman–Crippen LogP) is 3.05. The standard InChI is InChI=1S/C17H32N2O/c1-12(2)14-9-15(18-17(20)13(3)4)11-19(10-14)16-7-5-6-8-16/h12-16H,5-11H2,1-4H3,(H,18,20). The van der Waals surface area contributed by atoms with Gasteiger partial charge in [-0.15, -0.1) is 0 Å². The molecule has 1 aliphatic carbocycles. The molecule has 2 unspecified atom stereocenters. The van der Waals surface area contributed by atoms with Crippen LogP contribution in [0.2, 0.25) is 0 Å². The third kappa shape index (κ3) is 3.97. The summed E-state index contributed by atoms with van der Waals surface area (Å²) in [6.07, 6.45) is 6.64. The Kier molecular flexibility index (Phi) is 5.48. The zero-order chi connectivity index (χ0) is 14.7. The Morgan fingerprint density at radius 1 is 1.10 bits per heavy atom. The number of nitrogens with zero attached hydrogens (tertiary/aromatic N) is 1. The van der Waals surface area contributed by atoms with Crippen LogP contribution in [0.15, 0.2) is 0 Å². The number of amides is 1. The minimum atomic E-state index is 0.0920. The normalized spacial score (nSPS) is 29.3. The summed E-state index contributed by atoms with van der Waals surface area (Å²) in [5.74, 6) is 1.74. The molecule has 1 N–H and O–H groups in total. The first-order valence-electron chi connectivity index (χ1n) is 8.51. The molecule has 0 bridgehead atoms. The number of rotatable bonds is 4. The molecular formula is C17H32N2O. The molecule has 1 saturated heterocycles. The number of carbonyl (C=O) groups is 1. The van der Waals surface area contributed by atoms with E-state index in [0.717, 1.165) is 24.9 Å². The maximum Gasteiger partial charge on any atom is 0.222 e. The van der Waals surface area contributed by atoms with Crippen molar-refractivity contribution in [3.8, 4) is 0 Å². The number of piperidine rings is 1. The lowest BCUT2D eigenvalue weighted by atomic mass is 9.84. The second-order valence-corrected chi connectivity index (χ2v) is 7.49. The van der Waals surface area contributed by atoms with E-state index in [9.17, 15) is 4.79 Å². The van der Waals surface area contributed by atoms with Crippen molar-refractivity contribution in [1.29, 1.82) is 0 Å². The van der Waals surface area contributed by atoms with Gasteiger partial charge in [0.25, 0.3) is 0 Å². The van der Waals surface area contributed by atoms with Crippen molar-refractivity contribution < 1.29 is 4.79 Å².